The van der Waals surface area contributed by atoms with Crippen LogP contribution in [-0.4, -0.2) is 12.1 Å². The largest absolute Gasteiger partial charge is 0.542 e. The lowest BCUT2D eigenvalue weighted by Gasteiger charge is -2.03. The quantitative estimate of drug-likeness (QED) is 0.664. The number of alkyl halides is 3. The summed E-state index contributed by atoms with van der Waals surface area (Å²) in [5, 5.41) is 17.6. The fourth-order valence-electron chi connectivity index (χ4n) is 0.508. The van der Waals surface area contributed by atoms with Crippen molar-refractivity contribution < 1.29 is 23.1 Å². The van der Waals surface area contributed by atoms with Crippen LogP contribution in [0.3, 0.4) is 0 Å². The number of carboxylic acid groups (broad SMARTS) is 1. The Kier molecular flexibility index (Phi) is 5.25. The Morgan fingerprint density at radius 3 is 1.94 bits per heavy atom. The van der Waals surface area contributed by atoms with E-state index in [1.54, 1.807) is 24.3 Å². The van der Waals surface area contributed by atoms with Crippen LogP contribution in [0.2, 0.25) is 5.02 Å². The number of carboxylic acids is 1. The van der Waals surface area contributed by atoms with Crippen LogP contribution in [0.15, 0.2) is 24.3 Å². The number of halogens is 4. The van der Waals surface area contributed by atoms with Crippen molar-refractivity contribution in [1.82, 2.24) is 0 Å². The smallest absolute Gasteiger partial charge is 0.430 e. The van der Waals surface area contributed by atoms with Gasteiger partial charge in [-0.15, -0.1) is 0 Å². The van der Waals surface area contributed by atoms with Crippen molar-refractivity contribution in [3.63, 3.8) is 0 Å². The maximum atomic E-state index is 10.5. The standard InChI is InChI=1S/C6H4ClN2.C2HF3O2/c7-5-1-3-6(9-8)4-2-5;3-2(4,5)1(6)7/h1-4H;(H,6,7)/q+1;/p-1. The van der Waals surface area contributed by atoms with E-state index in [4.69, 9.17) is 26.9 Å². The van der Waals surface area contributed by atoms with Gasteiger partial charge in [-0.25, -0.2) is 0 Å². The fraction of sp³-hybridized carbons (Fsp3) is 0.125. The number of benzene rings is 1. The number of hydrogen-bond donors (Lipinski definition) is 0. The molecule has 1 aromatic rings. The van der Waals surface area contributed by atoms with Crippen LogP contribution in [0.1, 0.15) is 0 Å². The van der Waals surface area contributed by atoms with E-state index in [0.29, 0.717) is 10.7 Å². The Hall–Kier alpha value is -1.81. The van der Waals surface area contributed by atoms with Gasteiger partial charge in [-0.1, -0.05) is 11.6 Å². The Labute approximate surface area is 92.9 Å². The number of diazo groups is 1. The molecule has 0 bridgehead atoms. The molecule has 0 spiro atoms. The first-order valence-electron chi connectivity index (χ1n) is 3.66. The second-order valence-corrected chi connectivity index (χ2v) is 2.80. The molecule has 16 heavy (non-hydrogen) atoms. The van der Waals surface area contributed by atoms with Gasteiger partial charge in [-0.2, -0.15) is 13.2 Å². The van der Waals surface area contributed by atoms with Crippen LogP contribution in [-0.2, 0) is 4.79 Å². The molecular formula is C8H4ClF3N2O2. The third-order valence-corrected chi connectivity index (χ3v) is 1.43. The first kappa shape index (κ1) is 14.2. The first-order valence-corrected chi connectivity index (χ1v) is 4.04. The zero-order valence-corrected chi connectivity index (χ0v) is 8.29. The minimum absolute atomic E-state index is 0.513. The van der Waals surface area contributed by atoms with Gasteiger partial charge in [-0.05, 0) is 12.1 Å². The van der Waals surface area contributed by atoms with E-state index in [1.807, 2.05) is 0 Å². The van der Waals surface area contributed by atoms with E-state index in [-0.39, 0.29) is 0 Å². The Balaban J connectivity index is 0.000000293. The van der Waals surface area contributed by atoms with Gasteiger partial charge in [0.25, 0.3) is 0 Å². The predicted octanol–water partition coefficient (Wildman–Crippen LogP) is 2.12. The van der Waals surface area contributed by atoms with Gasteiger partial charge < -0.3 is 9.90 Å². The van der Waals surface area contributed by atoms with E-state index < -0.39 is 12.1 Å². The van der Waals surface area contributed by atoms with Crippen LogP contribution in [0.4, 0.5) is 18.9 Å². The maximum Gasteiger partial charge on any atom is 0.430 e. The molecule has 0 saturated heterocycles. The van der Waals surface area contributed by atoms with Gasteiger partial charge in [0.2, 0.25) is 5.39 Å². The summed E-state index contributed by atoms with van der Waals surface area (Å²) >= 11 is 5.55. The van der Waals surface area contributed by atoms with Crippen LogP contribution < -0.4 is 5.11 Å². The number of carbonyl (C=O) groups excluding carboxylic acids is 1. The molecule has 4 nitrogen and oxygen atoms in total. The summed E-state index contributed by atoms with van der Waals surface area (Å²) in [6.07, 6.45) is -5.19. The van der Waals surface area contributed by atoms with Crippen molar-refractivity contribution in [1.29, 1.82) is 5.39 Å². The van der Waals surface area contributed by atoms with Crippen LogP contribution in [0.5, 0.6) is 0 Å². The third-order valence-electron chi connectivity index (χ3n) is 1.17. The third kappa shape index (κ3) is 5.82. The summed E-state index contributed by atoms with van der Waals surface area (Å²) in [7, 11) is 0. The molecule has 8 heteroatoms. The van der Waals surface area contributed by atoms with Crippen LogP contribution in [0.25, 0.3) is 4.98 Å². The van der Waals surface area contributed by atoms with Gasteiger partial charge >= 0.3 is 11.9 Å². The predicted molar refractivity (Wildman–Crippen MR) is 47.3 cm³/mol. The summed E-state index contributed by atoms with van der Waals surface area (Å²) in [5.74, 6) is -3.01. The average molecular weight is 253 g/mol. The molecule has 0 unspecified atom stereocenters. The van der Waals surface area contributed by atoms with Crippen molar-refractivity contribution in [2.24, 2.45) is 0 Å². The van der Waals surface area contributed by atoms with Crippen molar-refractivity contribution in [3.8, 4) is 0 Å². The second kappa shape index (κ2) is 5.92. The lowest BCUT2D eigenvalue weighted by Crippen LogP contribution is -2.37. The molecule has 0 N–H and O–H groups in total. The number of carbonyl (C=O) groups is 1. The van der Waals surface area contributed by atoms with E-state index in [2.05, 4.69) is 4.98 Å². The molecule has 0 heterocycles. The van der Waals surface area contributed by atoms with Crippen molar-refractivity contribution in [2.75, 3.05) is 0 Å². The zero-order valence-electron chi connectivity index (χ0n) is 7.53. The highest BCUT2D eigenvalue weighted by molar-refractivity contribution is 6.30. The van der Waals surface area contributed by atoms with E-state index >= 15 is 0 Å². The summed E-state index contributed by atoms with van der Waals surface area (Å²) in [5.41, 5.74) is 0.513. The Morgan fingerprint density at radius 1 is 1.31 bits per heavy atom. The molecule has 0 aliphatic heterocycles. The molecule has 0 fully saturated rings. The van der Waals surface area contributed by atoms with Crippen molar-refractivity contribution >= 4 is 23.3 Å². The topological polar surface area (TPSA) is 68.3 Å². The van der Waals surface area contributed by atoms with Crippen molar-refractivity contribution in [2.45, 2.75) is 6.18 Å². The molecule has 0 amide bonds. The first-order chi connectivity index (χ1) is 7.27. The lowest BCUT2D eigenvalue weighted by atomic mass is 10.3. The summed E-state index contributed by atoms with van der Waals surface area (Å²) in [6, 6.07) is 6.58. The van der Waals surface area contributed by atoms with Gasteiger partial charge in [0.05, 0.1) is 0 Å². The van der Waals surface area contributed by atoms with Gasteiger partial charge in [0, 0.05) is 17.2 Å². The highest BCUT2D eigenvalue weighted by Gasteiger charge is 2.28. The highest BCUT2D eigenvalue weighted by atomic mass is 35.5. The van der Waals surface area contributed by atoms with E-state index in [9.17, 15) is 13.2 Å². The molecular weight excluding hydrogens is 249 g/mol. The molecule has 0 aromatic heterocycles. The van der Waals surface area contributed by atoms with Gasteiger partial charge in [0.1, 0.15) is 5.97 Å². The minimum atomic E-state index is -5.19. The lowest BCUT2D eigenvalue weighted by molar-refractivity contribution is -0.344. The summed E-state index contributed by atoms with van der Waals surface area (Å²) < 4.78 is 31.5. The maximum absolute atomic E-state index is 10.5. The number of aliphatic carboxylic acids is 1. The molecule has 1 aromatic carbocycles. The molecule has 1 rings (SSSR count). The highest BCUT2D eigenvalue weighted by Crippen LogP contribution is 2.15. The SMILES string of the molecule is N#[N+]c1ccc(Cl)cc1.O=C([O-])C(F)(F)F. The summed E-state index contributed by atoms with van der Waals surface area (Å²) in [6.45, 7) is 0. The van der Waals surface area contributed by atoms with Crippen molar-refractivity contribution in [3.05, 3.63) is 34.3 Å². The molecule has 0 saturated carbocycles. The molecule has 86 valence electrons. The average Bonchev–Trinajstić information content (AvgIpc) is 2.18. The number of hydrogen-bond acceptors (Lipinski definition) is 3. The number of nitrogens with zero attached hydrogens (tertiary/aromatic N) is 2. The van der Waals surface area contributed by atoms with Crippen LogP contribution >= 0.6 is 11.6 Å². The molecule has 0 aliphatic rings. The van der Waals surface area contributed by atoms with Gasteiger partial charge in [-0.3, -0.25) is 0 Å². The monoisotopic (exact) mass is 252 g/mol. The molecule has 0 aliphatic carbocycles. The molecule has 0 atom stereocenters. The van der Waals surface area contributed by atoms with E-state index in [0.717, 1.165) is 0 Å². The second-order valence-electron chi connectivity index (χ2n) is 2.36. The normalized spacial score (nSPS) is 9.69. The molecule has 0 radical (unpaired) electrons. The minimum Gasteiger partial charge on any atom is -0.542 e. The van der Waals surface area contributed by atoms with Gasteiger partial charge in [0.15, 0.2) is 4.98 Å². The Morgan fingerprint density at radius 2 is 1.69 bits per heavy atom. The summed E-state index contributed by atoms with van der Waals surface area (Å²) in [4.78, 5) is 11.7. The number of rotatable bonds is 0. The van der Waals surface area contributed by atoms with Crippen LogP contribution in [0, 0.1) is 5.39 Å². The van der Waals surface area contributed by atoms with E-state index in [1.165, 1.54) is 0 Å². The Bertz CT molecular complexity index is 397. The zero-order chi connectivity index (χ0) is 12.8. The fourth-order valence-corrected chi connectivity index (χ4v) is 0.634.